The van der Waals surface area contributed by atoms with Gasteiger partial charge < -0.3 is 14.8 Å². The van der Waals surface area contributed by atoms with Crippen molar-refractivity contribution >= 4 is 33.2 Å². The number of hydrogen-bond donors (Lipinski definition) is 1. The van der Waals surface area contributed by atoms with Gasteiger partial charge in [-0.1, -0.05) is 62.2 Å². The van der Waals surface area contributed by atoms with Gasteiger partial charge in [0.15, 0.2) is 6.10 Å². The lowest BCUT2D eigenvalue weighted by Gasteiger charge is -2.36. The van der Waals surface area contributed by atoms with Gasteiger partial charge in [0.2, 0.25) is 0 Å². The summed E-state index contributed by atoms with van der Waals surface area (Å²) in [5.74, 6) is 0.513. The summed E-state index contributed by atoms with van der Waals surface area (Å²) in [4.78, 5) is 13.2. The van der Waals surface area contributed by atoms with Crippen LogP contribution in [0.15, 0.2) is 65.6 Å². The Morgan fingerprint density at radius 2 is 1.79 bits per heavy atom. The van der Waals surface area contributed by atoms with Crippen LogP contribution in [0.1, 0.15) is 37.5 Å². The predicted molar refractivity (Wildman–Crippen MR) is 150 cm³/mol. The minimum Gasteiger partial charge on any atom is -0.492 e. The summed E-state index contributed by atoms with van der Waals surface area (Å²) in [6.45, 7) is 10.2. The monoisotopic (exact) mass is 556 g/mol. The fourth-order valence-electron chi connectivity index (χ4n) is 4.04. The van der Waals surface area contributed by atoms with Gasteiger partial charge in [-0.05, 0) is 66.8 Å². The first-order chi connectivity index (χ1) is 17.9. The number of nitrogens with one attached hydrogen (secondary N) is 1. The summed E-state index contributed by atoms with van der Waals surface area (Å²) < 4.78 is 40.5. The van der Waals surface area contributed by atoms with Gasteiger partial charge in [0.1, 0.15) is 18.1 Å². The molecule has 0 bridgehead atoms. The van der Waals surface area contributed by atoms with E-state index < -0.39 is 22.0 Å². The molecule has 1 heterocycles. The quantitative estimate of drug-likeness (QED) is 0.394. The Morgan fingerprint density at radius 3 is 2.45 bits per heavy atom. The van der Waals surface area contributed by atoms with Crippen molar-refractivity contribution in [2.45, 2.75) is 51.0 Å². The smallest absolute Gasteiger partial charge is 0.264 e. The van der Waals surface area contributed by atoms with Crippen LogP contribution in [-0.4, -0.2) is 40.1 Å². The second-order valence-corrected chi connectivity index (χ2v) is 12.7. The first kappa shape index (κ1) is 27.8. The van der Waals surface area contributed by atoms with Gasteiger partial charge in [-0.25, -0.2) is 8.42 Å². The first-order valence-corrected chi connectivity index (χ1v) is 14.3. The van der Waals surface area contributed by atoms with Crippen molar-refractivity contribution in [2.75, 3.05) is 24.0 Å². The topological polar surface area (TPSA) is 84.9 Å². The van der Waals surface area contributed by atoms with Gasteiger partial charge in [-0.3, -0.25) is 9.10 Å². The van der Waals surface area contributed by atoms with Crippen LogP contribution in [0.25, 0.3) is 0 Å². The highest BCUT2D eigenvalue weighted by Gasteiger charge is 2.38. The Balaban J connectivity index is 1.54. The van der Waals surface area contributed by atoms with Gasteiger partial charge in [-0.15, -0.1) is 0 Å². The van der Waals surface area contributed by atoms with Crippen molar-refractivity contribution < 1.29 is 22.7 Å². The number of carbonyl (C=O) groups excluding carboxylic acids is 1. The number of sulfonamides is 1. The van der Waals surface area contributed by atoms with Gasteiger partial charge in [0.25, 0.3) is 15.9 Å². The van der Waals surface area contributed by atoms with Gasteiger partial charge in [-0.2, -0.15) is 0 Å². The number of ether oxygens (including phenoxy) is 2. The number of benzene rings is 3. The minimum absolute atomic E-state index is 0.154. The summed E-state index contributed by atoms with van der Waals surface area (Å²) in [5, 5.41) is 3.39. The van der Waals surface area contributed by atoms with E-state index in [0.29, 0.717) is 22.2 Å². The fraction of sp³-hybridized carbons (Fsp3) is 0.345. The summed E-state index contributed by atoms with van der Waals surface area (Å²) in [5.41, 5.74) is 3.07. The predicted octanol–water partition coefficient (Wildman–Crippen LogP) is 5.41. The van der Waals surface area contributed by atoms with E-state index in [1.54, 1.807) is 36.4 Å². The highest BCUT2D eigenvalue weighted by atomic mass is 35.5. The second-order valence-electron chi connectivity index (χ2n) is 10.4. The van der Waals surface area contributed by atoms with Crippen LogP contribution in [0, 0.1) is 13.8 Å². The molecule has 0 unspecified atom stereocenters. The molecule has 0 saturated carbocycles. The number of rotatable bonds is 7. The number of halogens is 1. The molecule has 3 aromatic rings. The summed E-state index contributed by atoms with van der Waals surface area (Å²) in [7, 11) is -3.95. The maximum atomic E-state index is 13.8. The van der Waals surface area contributed by atoms with Crippen molar-refractivity contribution in [3.63, 3.8) is 0 Å². The van der Waals surface area contributed by atoms with Crippen molar-refractivity contribution in [3.8, 4) is 11.5 Å². The molecule has 1 N–H and O–H groups in total. The summed E-state index contributed by atoms with van der Waals surface area (Å²) in [6.07, 6.45) is -1.03. The number of nitrogens with zero attached hydrogens (tertiary/aromatic N) is 1. The molecule has 1 aliphatic rings. The first-order valence-electron chi connectivity index (χ1n) is 12.4. The normalized spacial score (nSPS) is 15.4. The average molecular weight is 557 g/mol. The second kappa shape index (κ2) is 10.9. The molecule has 3 aromatic carbocycles. The molecule has 1 atom stereocenters. The minimum atomic E-state index is -3.95. The number of aryl methyl sites for hydroxylation is 2. The third-order valence-corrected chi connectivity index (χ3v) is 8.61. The van der Waals surface area contributed by atoms with Crippen molar-refractivity contribution in [1.29, 1.82) is 0 Å². The van der Waals surface area contributed by atoms with Crippen molar-refractivity contribution in [3.05, 3.63) is 82.4 Å². The molecule has 38 heavy (non-hydrogen) atoms. The lowest BCUT2D eigenvalue weighted by molar-refractivity contribution is -0.127. The molecule has 1 amide bonds. The zero-order chi connectivity index (χ0) is 27.7. The van der Waals surface area contributed by atoms with E-state index in [9.17, 15) is 13.2 Å². The summed E-state index contributed by atoms with van der Waals surface area (Å²) in [6, 6.07) is 17.5. The maximum Gasteiger partial charge on any atom is 0.264 e. The van der Waals surface area contributed by atoms with E-state index in [-0.39, 0.29) is 30.0 Å². The molecule has 4 rings (SSSR count). The third kappa shape index (κ3) is 6.08. The number of fused-ring (bicyclic) bond motifs is 1. The third-order valence-electron chi connectivity index (χ3n) is 6.41. The molecular formula is C29H33ClN2O5S. The van der Waals surface area contributed by atoms with Crippen LogP contribution >= 0.6 is 11.6 Å². The SMILES string of the molecule is Cc1ccc(S(=O)(=O)N2C[C@@H](C(=O)NCCOc3ccc(C)c(Cl)c3)Oc3ccc(C(C)(C)C)cc32)cc1. The van der Waals surface area contributed by atoms with E-state index in [1.807, 2.05) is 38.1 Å². The Labute approximate surface area is 229 Å². The maximum absolute atomic E-state index is 13.8. The average Bonchev–Trinajstić information content (AvgIpc) is 2.87. The Morgan fingerprint density at radius 1 is 1.08 bits per heavy atom. The van der Waals surface area contributed by atoms with Crippen LogP contribution in [0.3, 0.4) is 0 Å². The molecule has 7 nitrogen and oxygen atoms in total. The van der Waals surface area contributed by atoms with E-state index in [0.717, 1.165) is 16.7 Å². The van der Waals surface area contributed by atoms with Gasteiger partial charge in [0.05, 0.1) is 23.7 Å². The highest BCUT2D eigenvalue weighted by Crippen LogP contribution is 2.40. The standard InChI is InChI=1S/C29H33ClN2O5S/c1-19-6-11-23(12-7-19)38(34,35)32-18-27(37-26-13-9-21(16-25(26)32)29(3,4)5)28(33)31-14-15-36-22-10-8-20(2)24(30)17-22/h6-13,16-17,27H,14-15,18H2,1-5H3,(H,31,33)/t27-/m0/s1. The van der Waals surface area contributed by atoms with E-state index >= 15 is 0 Å². The van der Waals surface area contributed by atoms with Gasteiger partial charge in [0, 0.05) is 5.02 Å². The number of anilines is 1. The lowest BCUT2D eigenvalue weighted by atomic mass is 9.86. The van der Waals surface area contributed by atoms with Crippen molar-refractivity contribution in [1.82, 2.24) is 5.32 Å². The van der Waals surface area contributed by atoms with Crippen molar-refractivity contribution in [2.24, 2.45) is 0 Å². The molecule has 0 radical (unpaired) electrons. The molecule has 0 aromatic heterocycles. The van der Waals surface area contributed by atoms with E-state index in [2.05, 4.69) is 26.1 Å². The summed E-state index contributed by atoms with van der Waals surface area (Å²) >= 11 is 6.14. The van der Waals surface area contributed by atoms with Gasteiger partial charge >= 0.3 is 0 Å². The van der Waals surface area contributed by atoms with Crippen LogP contribution in [0.2, 0.25) is 5.02 Å². The Bertz CT molecular complexity index is 1430. The van der Waals surface area contributed by atoms with Crippen LogP contribution in [-0.2, 0) is 20.2 Å². The molecule has 0 saturated heterocycles. The molecular weight excluding hydrogens is 524 g/mol. The fourth-order valence-corrected chi connectivity index (χ4v) is 5.68. The zero-order valence-corrected chi connectivity index (χ0v) is 23.8. The van der Waals surface area contributed by atoms with Crippen LogP contribution in [0.4, 0.5) is 5.69 Å². The lowest BCUT2D eigenvalue weighted by Crippen LogP contribution is -2.51. The molecule has 202 valence electrons. The number of hydrogen-bond acceptors (Lipinski definition) is 5. The van der Waals surface area contributed by atoms with Crippen LogP contribution < -0.4 is 19.1 Å². The zero-order valence-electron chi connectivity index (χ0n) is 22.2. The molecule has 9 heteroatoms. The molecule has 0 aliphatic carbocycles. The molecule has 0 spiro atoms. The Kier molecular flexibility index (Phi) is 7.95. The molecule has 0 fully saturated rings. The van der Waals surface area contributed by atoms with E-state index in [4.69, 9.17) is 21.1 Å². The van der Waals surface area contributed by atoms with Crippen LogP contribution in [0.5, 0.6) is 11.5 Å². The number of amides is 1. The number of carbonyl (C=O) groups is 1. The van der Waals surface area contributed by atoms with E-state index in [1.165, 1.54) is 4.31 Å². The highest BCUT2D eigenvalue weighted by molar-refractivity contribution is 7.92. The molecule has 1 aliphatic heterocycles. The largest absolute Gasteiger partial charge is 0.492 e. The Hall–Kier alpha value is -3.23.